The number of aromatic nitrogens is 3. The fraction of sp³-hybridized carbons (Fsp3) is 0.350. The maximum atomic E-state index is 12.7. The highest BCUT2D eigenvalue weighted by Gasteiger charge is 2.31. The number of nitrogens with one attached hydrogen (secondary N) is 1. The molecule has 1 aliphatic heterocycles. The molecule has 2 atom stereocenters. The van der Waals surface area contributed by atoms with E-state index in [1.54, 1.807) is 4.68 Å². The molecule has 1 N–H and O–H groups in total. The molecule has 1 aliphatic rings. The van der Waals surface area contributed by atoms with Crippen molar-refractivity contribution in [3.8, 4) is 11.3 Å². The van der Waals surface area contributed by atoms with E-state index in [1.807, 2.05) is 56.4 Å². The largest absolute Gasteiger partial charge is 0.379 e. The average molecular weight is 366 g/mol. The normalized spacial score (nSPS) is 19.3. The number of ether oxygens (including phenoxy) is 1. The monoisotopic (exact) mass is 366 g/mol. The number of nitrogens with zero attached hydrogens (tertiary/aromatic N) is 3. The first-order chi connectivity index (χ1) is 13.1. The summed E-state index contributed by atoms with van der Waals surface area (Å²) in [4.78, 5) is 12.7. The highest BCUT2D eigenvalue weighted by molar-refractivity contribution is 5.93. The molecule has 7 heteroatoms. The summed E-state index contributed by atoms with van der Waals surface area (Å²) in [5.74, 6) is 0.770. The Kier molecular flexibility index (Phi) is 4.77. The van der Waals surface area contributed by atoms with Crippen molar-refractivity contribution in [2.24, 2.45) is 13.0 Å². The van der Waals surface area contributed by atoms with Gasteiger partial charge in [-0.25, -0.2) is 0 Å². The third-order valence-electron chi connectivity index (χ3n) is 4.84. The summed E-state index contributed by atoms with van der Waals surface area (Å²) in [6, 6.07) is 13.5. The van der Waals surface area contributed by atoms with Crippen LogP contribution in [0, 0.1) is 12.8 Å². The van der Waals surface area contributed by atoms with Gasteiger partial charge in [0.25, 0.3) is 5.91 Å². The van der Waals surface area contributed by atoms with Crippen LogP contribution >= 0.6 is 0 Å². The summed E-state index contributed by atoms with van der Waals surface area (Å²) in [6.07, 6.45) is 0.684. The van der Waals surface area contributed by atoms with Crippen molar-refractivity contribution in [1.82, 2.24) is 20.3 Å². The number of hydrogen-bond donors (Lipinski definition) is 1. The van der Waals surface area contributed by atoms with Crippen LogP contribution in [-0.4, -0.2) is 40.1 Å². The smallest absolute Gasteiger partial charge is 0.272 e. The van der Waals surface area contributed by atoms with Crippen LogP contribution in [0.3, 0.4) is 0 Å². The number of carbonyl (C=O) groups is 1. The Bertz CT molecular complexity index is 932. The van der Waals surface area contributed by atoms with Crippen LogP contribution in [-0.2, 0) is 18.2 Å². The molecule has 3 aromatic rings. The van der Waals surface area contributed by atoms with E-state index in [2.05, 4.69) is 15.6 Å². The average Bonchev–Trinajstić information content (AvgIpc) is 3.37. The van der Waals surface area contributed by atoms with Gasteiger partial charge in [0.2, 0.25) is 0 Å². The summed E-state index contributed by atoms with van der Waals surface area (Å²) in [5.41, 5.74) is 3.18. The van der Waals surface area contributed by atoms with Crippen molar-refractivity contribution in [1.29, 1.82) is 0 Å². The number of benzene rings is 1. The zero-order valence-corrected chi connectivity index (χ0v) is 15.4. The molecule has 1 fully saturated rings. The molecule has 2 aromatic heterocycles. The lowest BCUT2D eigenvalue weighted by Crippen LogP contribution is -2.40. The molecule has 2 unspecified atom stereocenters. The Morgan fingerprint density at radius 1 is 1.26 bits per heavy atom. The first-order valence-corrected chi connectivity index (χ1v) is 9.00. The predicted molar refractivity (Wildman–Crippen MR) is 99.2 cm³/mol. The summed E-state index contributed by atoms with van der Waals surface area (Å²) in [5, 5.41) is 11.4. The minimum absolute atomic E-state index is 0.0786. The van der Waals surface area contributed by atoms with E-state index in [-0.39, 0.29) is 17.9 Å². The summed E-state index contributed by atoms with van der Waals surface area (Å²) >= 11 is 0. The number of amides is 1. The van der Waals surface area contributed by atoms with Gasteiger partial charge in [0.05, 0.1) is 30.6 Å². The van der Waals surface area contributed by atoms with E-state index >= 15 is 0 Å². The molecule has 0 aliphatic carbocycles. The Hall–Kier alpha value is -2.93. The van der Waals surface area contributed by atoms with E-state index in [0.717, 1.165) is 22.7 Å². The number of aryl methyl sites for hydroxylation is 2. The van der Waals surface area contributed by atoms with Crippen LogP contribution < -0.4 is 5.32 Å². The van der Waals surface area contributed by atoms with Crippen LogP contribution in [0.15, 0.2) is 47.0 Å². The van der Waals surface area contributed by atoms with Crippen LogP contribution in [0.5, 0.6) is 0 Å². The fourth-order valence-corrected chi connectivity index (χ4v) is 3.43. The Morgan fingerprint density at radius 2 is 2.07 bits per heavy atom. The molecule has 140 valence electrons. The van der Waals surface area contributed by atoms with Gasteiger partial charge in [-0.3, -0.25) is 9.48 Å². The number of hydrogen-bond acceptors (Lipinski definition) is 5. The van der Waals surface area contributed by atoms with E-state index in [9.17, 15) is 4.79 Å². The second kappa shape index (κ2) is 7.36. The van der Waals surface area contributed by atoms with Crippen LogP contribution in [0.25, 0.3) is 11.3 Å². The molecule has 3 heterocycles. The minimum atomic E-state index is -0.193. The Labute approximate surface area is 157 Å². The summed E-state index contributed by atoms with van der Waals surface area (Å²) < 4.78 is 12.6. The third kappa shape index (κ3) is 3.78. The van der Waals surface area contributed by atoms with Gasteiger partial charge in [-0.2, -0.15) is 5.10 Å². The van der Waals surface area contributed by atoms with Crippen LogP contribution in [0.2, 0.25) is 0 Å². The second-order valence-electron chi connectivity index (χ2n) is 6.92. The van der Waals surface area contributed by atoms with E-state index < -0.39 is 0 Å². The summed E-state index contributed by atoms with van der Waals surface area (Å²) in [6.45, 7) is 2.97. The van der Waals surface area contributed by atoms with Gasteiger partial charge in [0.1, 0.15) is 5.76 Å². The van der Waals surface area contributed by atoms with Gasteiger partial charge in [-0.05, 0) is 18.6 Å². The molecular formula is C20H22N4O3. The van der Waals surface area contributed by atoms with Gasteiger partial charge >= 0.3 is 0 Å². The SMILES string of the molecule is Cc1cc(CC2COCC2NC(=O)c2cc(-c3ccccc3)n(C)n2)on1. The molecule has 0 saturated carbocycles. The maximum Gasteiger partial charge on any atom is 0.272 e. The first-order valence-electron chi connectivity index (χ1n) is 9.00. The molecule has 0 bridgehead atoms. The molecule has 0 radical (unpaired) electrons. The number of rotatable bonds is 5. The molecule has 27 heavy (non-hydrogen) atoms. The van der Waals surface area contributed by atoms with Crippen molar-refractivity contribution >= 4 is 5.91 Å². The van der Waals surface area contributed by atoms with Gasteiger partial charge in [0.15, 0.2) is 5.69 Å². The summed E-state index contributed by atoms with van der Waals surface area (Å²) in [7, 11) is 1.84. The molecular weight excluding hydrogens is 344 g/mol. The minimum Gasteiger partial charge on any atom is -0.379 e. The topological polar surface area (TPSA) is 82.2 Å². The fourth-order valence-electron chi connectivity index (χ4n) is 3.43. The Morgan fingerprint density at radius 3 is 2.81 bits per heavy atom. The van der Waals surface area contributed by atoms with Gasteiger partial charge < -0.3 is 14.6 Å². The van der Waals surface area contributed by atoms with E-state index in [4.69, 9.17) is 9.26 Å². The lowest BCUT2D eigenvalue weighted by Gasteiger charge is -2.17. The lowest BCUT2D eigenvalue weighted by molar-refractivity contribution is 0.0918. The lowest BCUT2D eigenvalue weighted by atomic mass is 9.98. The molecule has 1 saturated heterocycles. The predicted octanol–water partition coefficient (Wildman–Crippen LogP) is 2.37. The molecule has 0 spiro atoms. The molecule has 1 amide bonds. The van der Waals surface area contributed by atoms with Gasteiger partial charge in [-0.15, -0.1) is 0 Å². The van der Waals surface area contributed by atoms with Crippen molar-refractivity contribution in [2.75, 3.05) is 13.2 Å². The van der Waals surface area contributed by atoms with Crippen molar-refractivity contribution < 1.29 is 14.1 Å². The van der Waals surface area contributed by atoms with Crippen molar-refractivity contribution in [2.45, 2.75) is 19.4 Å². The number of carbonyl (C=O) groups excluding carboxylic acids is 1. The Balaban J connectivity index is 1.45. The van der Waals surface area contributed by atoms with Crippen LogP contribution in [0.1, 0.15) is 21.9 Å². The molecule has 4 rings (SSSR count). The quantitative estimate of drug-likeness (QED) is 0.750. The van der Waals surface area contributed by atoms with Crippen molar-refractivity contribution in [3.05, 3.63) is 59.6 Å². The van der Waals surface area contributed by atoms with E-state index in [0.29, 0.717) is 25.3 Å². The highest BCUT2D eigenvalue weighted by atomic mass is 16.5. The first kappa shape index (κ1) is 17.5. The molecule has 1 aromatic carbocycles. The van der Waals surface area contributed by atoms with Gasteiger partial charge in [0, 0.05) is 25.5 Å². The highest BCUT2D eigenvalue weighted by Crippen LogP contribution is 2.22. The van der Waals surface area contributed by atoms with Gasteiger partial charge in [-0.1, -0.05) is 35.5 Å². The van der Waals surface area contributed by atoms with Crippen molar-refractivity contribution in [3.63, 3.8) is 0 Å². The zero-order chi connectivity index (χ0) is 18.8. The molecule has 7 nitrogen and oxygen atoms in total. The zero-order valence-electron chi connectivity index (χ0n) is 15.4. The third-order valence-corrected chi connectivity index (χ3v) is 4.84. The second-order valence-corrected chi connectivity index (χ2v) is 6.92. The van der Waals surface area contributed by atoms with Crippen LogP contribution in [0.4, 0.5) is 0 Å². The van der Waals surface area contributed by atoms with E-state index in [1.165, 1.54) is 0 Å². The standard InChI is InChI=1S/C20H22N4O3/c1-13-8-16(27-23-13)9-15-11-26-12-18(15)21-20(25)17-10-19(24(2)22-17)14-6-4-3-5-7-14/h3-8,10,15,18H,9,11-12H2,1-2H3,(H,21,25). The maximum absolute atomic E-state index is 12.7.